The van der Waals surface area contributed by atoms with Crippen LogP contribution in [0.4, 0.5) is 0 Å². The number of rotatable bonds is 2. The van der Waals surface area contributed by atoms with Gasteiger partial charge in [-0.1, -0.05) is 6.07 Å². The standard InChI is InChI=1S/C13H10O7.C9H8O5/c14-7-2-1-3-10(12(7)18)20-13(19)6-4-8(15)11(17)9(16)5-6;10-4-1-5(11)8-7(2-4)14-3-6(12)9(8)13/h1-5,14-18H;1-2,6,10-12H,3H2/t;6-/m.1/s1. The summed E-state index contributed by atoms with van der Waals surface area (Å²) in [6.45, 7) is -0.158. The molecule has 0 fully saturated rings. The first-order valence-electron chi connectivity index (χ1n) is 9.38. The first kappa shape index (κ1) is 23.8. The summed E-state index contributed by atoms with van der Waals surface area (Å²) < 4.78 is 9.79. The summed E-state index contributed by atoms with van der Waals surface area (Å²) in [6.07, 6.45) is -1.25. The lowest BCUT2D eigenvalue weighted by Gasteiger charge is -2.21. The Bertz CT molecular complexity index is 1240. The van der Waals surface area contributed by atoms with E-state index in [2.05, 4.69) is 0 Å². The molecule has 1 heterocycles. The summed E-state index contributed by atoms with van der Waals surface area (Å²) in [6, 6.07) is 7.81. The highest BCUT2D eigenvalue weighted by atomic mass is 16.5. The number of aromatic hydroxyl groups is 7. The van der Waals surface area contributed by atoms with Gasteiger partial charge in [-0.25, -0.2) is 4.79 Å². The van der Waals surface area contributed by atoms with Gasteiger partial charge >= 0.3 is 5.97 Å². The molecule has 0 aliphatic carbocycles. The number of phenols is 7. The molecule has 178 valence electrons. The van der Waals surface area contributed by atoms with Crippen LogP contribution in [0.2, 0.25) is 0 Å². The number of para-hydroxylation sites is 1. The van der Waals surface area contributed by atoms with Gasteiger partial charge in [0.15, 0.2) is 34.9 Å². The molecular weight excluding hydrogens is 456 g/mol. The molecule has 12 heteroatoms. The van der Waals surface area contributed by atoms with Crippen LogP contribution >= 0.6 is 0 Å². The lowest BCUT2D eigenvalue weighted by Crippen LogP contribution is -2.32. The van der Waals surface area contributed by atoms with E-state index in [0.717, 1.165) is 18.2 Å². The third-order valence-corrected chi connectivity index (χ3v) is 4.50. The average Bonchev–Trinajstić information content (AvgIpc) is 2.77. The molecule has 1 aliphatic heterocycles. The molecule has 0 unspecified atom stereocenters. The van der Waals surface area contributed by atoms with Gasteiger partial charge in [0.25, 0.3) is 0 Å². The summed E-state index contributed by atoms with van der Waals surface area (Å²) in [4.78, 5) is 23.2. The van der Waals surface area contributed by atoms with Gasteiger partial charge in [0.1, 0.15) is 29.4 Å². The number of carbonyl (C=O) groups excluding carboxylic acids is 2. The van der Waals surface area contributed by atoms with Crippen LogP contribution in [-0.4, -0.2) is 65.3 Å². The number of aliphatic hydroxyl groups excluding tert-OH is 1. The van der Waals surface area contributed by atoms with E-state index >= 15 is 0 Å². The number of esters is 1. The third-order valence-electron chi connectivity index (χ3n) is 4.50. The minimum Gasteiger partial charge on any atom is -0.508 e. The fourth-order valence-electron chi connectivity index (χ4n) is 2.83. The maximum Gasteiger partial charge on any atom is 0.343 e. The number of fused-ring (bicyclic) bond motifs is 1. The largest absolute Gasteiger partial charge is 0.508 e. The highest BCUT2D eigenvalue weighted by molar-refractivity contribution is 6.05. The van der Waals surface area contributed by atoms with E-state index in [4.69, 9.17) is 19.7 Å². The maximum atomic E-state index is 11.8. The van der Waals surface area contributed by atoms with Gasteiger partial charge in [0.2, 0.25) is 11.5 Å². The van der Waals surface area contributed by atoms with Crippen molar-refractivity contribution in [3.05, 3.63) is 53.6 Å². The van der Waals surface area contributed by atoms with Crippen LogP contribution in [0.5, 0.6) is 51.7 Å². The van der Waals surface area contributed by atoms with Crippen molar-refractivity contribution in [2.24, 2.45) is 0 Å². The Morgan fingerprint density at radius 2 is 1.50 bits per heavy atom. The minimum absolute atomic E-state index is 0.0819. The summed E-state index contributed by atoms with van der Waals surface area (Å²) in [5, 5.41) is 74.1. The molecule has 0 spiro atoms. The Morgan fingerprint density at radius 1 is 0.853 bits per heavy atom. The number of Topliss-reactive ketones (excluding diaryl/α,β-unsaturated/α-hetero) is 1. The van der Waals surface area contributed by atoms with E-state index in [1.807, 2.05) is 0 Å². The Kier molecular flexibility index (Phi) is 6.54. The number of carbonyl (C=O) groups is 2. The van der Waals surface area contributed by atoms with Crippen molar-refractivity contribution in [1.29, 1.82) is 0 Å². The SMILES string of the molecule is O=C(Oc1cccc(O)c1O)c1cc(O)c(O)c(O)c1.O=C1c2c(O)cc(O)cc2OC[C@H]1O. The molecule has 8 N–H and O–H groups in total. The van der Waals surface area contributed by atoms with Crippen molar-refractivity contribution in [2.75, 3.05) is 6.61 Å². The topological polar surface area (TPSA) is 214 Å². The molecule has 0 amide bonds. The van der Waals surface area contributed by atoms with Gasteiger partial charge in [-0.3, -0.25) is 4.79 Å². The van der Waals surface area contributed by atoms with Gasteiger partial charge in [-0.15, -0.1) is 0 Å². The van der Waals surface area contributed by atoms with E-state index in [9.17, 15) is 40.2 Å². The Morgan fingerprint density at radius 3 is 2.15 bits per heavy atom. The summed E-state index contributed by atoms with van der Waals surface area (Å²) in [5.74, 6) is -5.61. The number of ether oxygens (including phenoxy) is 2. The quantitative estimate of drug-likeness (QED) is 0.151. The van der Waals surface area contributed by atoms with Gasteiger partial charge < -0.3 is 50.3 Å². The zero-order valence-electron chi connectivity index (χ0n) is 17.0. The van der Waals surface area contributed by atoms with Gasteiger partial charge in [0.05, 0.1) is 5.56 Å². The van der Waals surface area contributed by atoms with Crippen LogP contribution in [0.25, 0.3) is 0 Å². The van der Waals surface area contributed by atoms with Gasteiger partial charge in [-0.2, -0.15) is 0 Å². The first-order valence-corrected chi connectivity index (χ1v) is 9.38. The predicted molar refractivity (Wildman–Crippen MR) is 112 cm³/mol. The molecule has 12 nitrogen and oxygen atoms in total. The van der Waals surface area contributed by atoms with Crippen LogP contribution in [0, 0.1) is 0 Å². The Balaban J connectivity index is 0.000000202. The van der Waals surface area contributed by atoms with E-state index in [1.165, 1.54) is 24.3 Å². The van der Waals surface area contributed by atoms with Crippen LogP contribution in [0.3, 0.4) is 0 Å². The van der Waals surface area contributed by atoms with E-state index < -0.39 is 46.6 Å². The first-order chi connectivity index (χ1) is 16.0. The van der Waals surface area contributed by atoms with Gasteiger partial charge in [0, 0.05) is 12.1 Å². The Labute approximate surface area is 190 Å². The molecule has 1 aliphatic rings. The van der Waals surface area contributed by atoms with Crippen LogP contribution in [0.15, 0.2) is 42.5 Å². The lowest BCUT2D eigenvalue weighted by atomic mass is 10.0. The highest BCUT2D eigenvalue weighted by Gasteiger charge is 2.30. The van der Waals surface area contributed by atoms with Crippen molar-refractivity contribution >= 4 is 11.8 Å². The molecule has 1 atom stereocenters. The van der Waals surface area contributed by atoms with Crippen molar-refractivity contribution in [3.8, 4) is 51.7 Å². The molecule has 0 bridgehead atoms. The third kappa shape index (κ3) is 4.81. The van der Waals surface area contributed by atoms with E-state index in [-0.39, 0.29) is 40.7 Å². The molecule has 0 radical (unpaired) electrons. The van der Waals surface area contributed by atoms with E-state index in [1.54, 1.807) is 0 Å². The molecular formula is C22H18O12. The second-order valence-corrected chi connectivity index (χ2v) is 6.91. The fourth-order valence-corrected chi connectivity index (χ4v) is 2.83. The number of benzene rings is 3. The molecule has 4 rings (SSSR count). The number of ketones is 1. The molecule has 34 heavy (non-hydrogen) atoms. The number of hydrogen-bond donors (Lipinski definition) is 8. The molecule has 0 aromatic heterocycles. The van der Waals surface area contributed by atoms with E-state index in [0.29, 0.717) is 0 Å². The van der Waals surface area contributed by atoms with Crippen LogP contribution in [-0.2, 0) is 0 Å². The highest BCUT2D eigenvalue weighted by Crippen LogP contribution is 2.38. The average molecular weight is 474 g/mol. The molecule has 0 saturated carbocycles. The zero-order valence-corrected chi connectivity index (χ0v) is 17.0. The molecule has 3 aromatic carbocycles. The van der Waals surface area contributed by atoms with Crippen molar-refractivity contribution in [2.45, 2.75) is 6.10 Å². The van der Waals surface area contributed by atoms with Crippen molar-refractivity contribution < 1.29 is 59.9 Å². The summed E-state index contributed by atoms with van der Waals surface area (Å²) in [5.41, 5.74) is -0.331. The molecule has 0 saturated heterocycles. The smallest absolute Gasteiger partial charge is 0.343 e. The van der Waals surface area contributed by atoms with Crippen molar-refractivity contribution in [3.63, 3.8) is 0 Å². The monoisotopic (exact) mass is 474 g/mol. The van der Waals surface area contributed by atoms with Crippen LogP contribution in [0.1, 0.15) is 20.7 Å². The second-order valence-electron chi connectivity index (χ2n) is 6.91. The predicted octanol–water partition coefficient (Wildman–Crippen LogP) is 1.47. The van der Waals surface area contributed by atoms with Gasteiger partial charge in [-0.05, 0) is 24.3 Å². The number of aliphatic hydroxyl groups is 1. The maximum absolute atomic E-state index is 11.8. The zero-order chi connectivity index (χ0) is 25.2. The summed E-state index contributed by atoms with van der Waals surface area (Å²) >= 11 is 0. The lowest BCUT2D eigenvalue weighted by molar-refractivity contribution is 0.0552. The van der Waals surface area contributed by atoms with Crippen molar-refractivity contribution in [1.82, 2.24) is 0 Å². The summed E-state index contributed by atoms with van der Waals surface area (Å²) in [7, 11) is 0. The van der Waals surface area contributed by atoms with Crippen LogP contribution < -0.4 is 9.47 Å². The molecule has 3 aromatic rings. The fraction of sp³-hybridized carbons (Fsp3) is 0.0909. The normalized spacial score (nSPS) is 14.3. The number of hydrogen-bond acceptors (Lipinski definition) is 12. The minimum atomic E-state index is -1.25. The Hall–Kier alpha value is -4.84. The number of phenolic OH excluding ortho intramolecular Hbond substituents is 7. The second kappa shape index (κ2) is 9.34.